The van der Waals surface area contributed by atoms with Crippen LogP contribution in [0, 0.1) is 0 Å². The molecule has 0 saturated carbocycles. The normalized spacial score (nSPS) is 11.2. The Bertz CT molecular complexity index is 835. The van der Waals surface area contributed by atoms with Gasteiger partial charge in [0.2, 0.25) is 10.1 Å². The summed E-state index contributed by atoms with van der Waals surface area (Å²) in [5, 5.41) is 9.35. The van der Waals surface area contributed by atoms with E-state index in [-0.39, 0.29) is 5.56 Å². The van der Waals surface area contributed by atoms with E-state index in [2.05, 4.69) is 27.3 Å². The minimum Gasteiger partial charge on any atom is -0.360 e. The Balaban J connectivity index is 1.69. The number of nitrogens with zero attached hydrogens (tertiary/aromatic N) is 4. The van der Waals surface area contributed by atoms with Gasteiger partial charge in [0, 0.05) is 35.8 Å². The molecule has 0 atom stereocenters. The first-order valence-electron chi connectivity index (χ1n) is 7.26. The molecule has 6 nitrogen and oxygen atoms in total. The van der Waals surface area contributed by atoms with Crippen molar-refractivity contribution in [1.82, 2.24) is 19.6 Å². The molecule has 3 rings (SSSR count). The molecule has 1 N–H and O–H groups in total. The molecule has 3 heterocycles. The van der Waals surface area contributed by atoms with Crippen LogP contribution >= 0.6 is 22.7 Å². The van der Waals surface area contributed by atoms with Crippen molar-refractivity contribution in [2.24, 2.45) is 0 Å². The summed E-state index contributed by atoms with van der Waals surface area (Å²) in [5.74, 6) is 0. The predicted octanol–water partition coefficient (Wildman–Crippen LogP) is 2.39. The van der Waals surface area contributed by atoms with E-state index in [9.17, 15) is 4.79 Å². The van der Waals surface area contributed by atoms with E-state index < -0.39 is 0 Å². The summed E-state index contributed by atoms with van der Waals surface area (Å²) < 4.78 is 1.35. The summed E-state index contributed by atoms with van der Waals surface area (Å²) in [7, 11) is 0. The number of anilines is 1. The number of aryl methyl sites for hydroxylation is 2. The summed E-state index contributed by atoms with van der Waals surface area (Å²) >= 11 is 3.14. The molecule has 0 saturated heterocycles. The lowest BCUT2D eigenvalue weighted by Crippen LogP contribution is -2.15. The zero-order valence-electron chi connectivity index (χ0n) is 12.5. The highest BCUT2D eigenvalue weighted by atomic mass is 32.1. The number of fused-ring (bicyclic) bond motifs is 1. The number of hydrogen-bond acceptors (Lipinski definition) is 7. The third-order valence-corrected chi connectivity index (χ3v) is 5.29. The maximum Gasteiger partial charge on any atom is 0.275 e. The fraction of sp³-hybridized carbons (Fsp3) is 0.429. The third-order valence-electron chi connectivity index (χ3n) is 3.23. The molecule has 3 aromatic heterocycles. The van der Waals surface area contributed by atoms with Gasteiger partial charge in [-0.2, -0.15) is 4.52 Å². The van der Waals surface area contributed by atoms with Crippen LogP contribution in [-0.2, 0) is 19.3 Å². The fourth-order valence-corrected chi connectivity index (χ4v) is 3.72. The van der Waals surface area contributed by atoms with E-state index >= 15 is 0 Å². The molecule has 0 unspecified atom stereocenters. The molecule has 0 amide bonds. The lowest BCUT2D eigenvalue weighted by molar-refractivity contribution is 0.871. The molecule has 0 spiro atoms. The van der Waals surface area contributed by atoms with E-state index in [0.717, 1.165) is 36.5 Å². The molecule has 0 aromatic carbocycles. The second-order valence-corrected chi connectivity index (χ2v) is 6.95. The van der Waals surface area contributed by atoms with Gasteiger partial charge in [-0.25, -0.2) is 9.97 Å². The van der Waals surface area contributed by atoms with Gasteiger partial charge in [0.25, 0.3) is 5.56 Å². The van der Waals surface area contributed by atoms with Crippen molar-refractivity contribution in [3.63, 3.8) is 0 Å². The van der Waals surface area contributed by atoms with Crippen molar-refractivity contribution in [2.45, 2.75) is 33.1 Å². The summed E-state index contributed by atoms with van der Waals surface area (Å²) in [5.41, 5.74) is 0.675. The van der Waals surface area contributed by atoms with Crippen LogP contribution in [0.5, 0.6) is 0 Å². The lowest BCUT2D eigenvalue weighted by atomic mass is 10.3. The zero-order chi connectivity index (χ0) is 15.5. The number of nitrogens with one attached hydrogen (secondary N) is 1. The maximum atomic E-state index is 11.9. The quantitative estimate of drug-likeness (QED) is 0.749. The standard InChI is InChI=1S/C14H17N5OS2/c1-3-9-7-12(20)19-14(17-9)22-13(18-19)15-6-5-11-16-8-10(4-2)21-11/h7-8H,3-6H2,1-2H3,(H,15,18). The molecule has 0 aliphatic carbocycles. The topological polar surface area (TPSA) is 72.2 Å². The average molecular weight is 335 g/mol. The first-order chi connectivity index (χ1) is 10.7. The van der Waals surface area contributed by atoms with Crippen molar-refractivity contribution in [1.29, 1.82) is 0 Å². The molecular weight excluding hydrogens is 318 g/mol. The Kier molecular flexibility index (Phi) is 4.49. The van der Waals surface area contributed by atoms with Crippen molar-refractivity contribution in [3.05, 3.63) is 38.2 Å². The van der Waals surface area contributed by atoms with E-state index in [1.54, 1.807) is 17.4 Å². The highest BCUT2D eigenvalue weighted by Crippen LogP contribution is 2.18. The van der Waals surface area contributed by atoms with Gasteiger partial charge in [-0.15, -0.1) is 16.4 Å². The van der Waals surface area contributed by atoms with Crippen molar-refractivity contribution in [2.75, 3.05) is 11.9 Å². The monoisotopic (exact) mass is 335 g/mol. The average Bonchev–Trinajstić information content (AvgIpc) is 3.13. The summed E-state index contributed by atoms with van der Waals surface area (Å²) in [6.45, 7) is 4.86. The molecule has 0 bridgehead atoms. The minimum absolute atomic E-state index is 0.126. The molecule has 0 aliphatic rings. The highest BCUT2D eigenvalue weighted by molar-refractivity contribution is 7.20. The molecule has 8 heteroatoms. The zero-order valence-corrected chi connectivity index (χ0v) is 14.1. The van der Waals surface area contributed by atoms with Gasteiger partial charge < -0.3 is 5.32 Å². The number of hydrogen-bond donors (Lipinski definition) is 1. The smallest absolute Gasteiger partial charge is 0.275 e. The second kappa shape index (κ2) is 6.53. The Morgan fingerprint density at radius 3 is 2.86 bits per heavy atom. The number of aromatic nitrogens is 4. The van der Waals surface area contributed by atoms with Crippen LogP contribution < -0.4 is 10.9 Å². The third kappa shape index (κ3) is 3.17. The summed E-state index contributed by atoms with van der Waals surface area (Å²) in [4.78, 5) is 22.7. The van der Waals surface area contributed by atoms with Gasteiger partial charge in [0.15, 0.2) is 0 Å². The molecular formula is C14H17N5OS2. The second-order valence-electron chi connectivity index (χ2n) is 4.79. The van der Waals surface area contributed by atoms with Crippen molar-refractivity contribution >= 4 is 32.8 Å². The predicted molar refractivity (Wildman–Crippen MR) is 90.2 cm³/mol. The van der Waals surface area contributed by atoms with Crippen LogP contribution in [0.4, 0.5) is 5.13 Å². The number of thiazole rings is 1. The molecule has 22 heavy (non-hydrogen) atoms. The Labute approximate surface area is 135 Å². The van der Waals surface area contributed by atoms with Crippen molar-refractivity contribution < 1.29 is 0 Å². The van der Waals surface area contributed by atoms with Crippen molar-refractivity contribution in [3.8, 4) is 0 Å². The van der Waals surface area contributed by atoms with Crippen LogP contribution in [-0.4, -0.2) is 26.1 Å². The SMILES string of the molecule is CCc1cc(=O)n2nc(NCCc3ncc(CC)s3)sc2n1. The minimum atomic E-state index is -0.126. The highest BCUT2D eigenvalue weighted by Gasteiger charge is 2.08. The molecule has 0 radical (unpaired) electrons. The summed E-state index contributed by atoms with van der Waals surface area (Å²) in [6, 6.07) is 1.54. The molecule has 0 aliphatic heterocycles. The number of rotatable bonds is 6. The van der Waals surface area contributed by atoms with E-state index in [1.807, 2.05) is 13.1 Å². The Morgan fingerprint density at radius 2 is 2.14 bits per heavy atom. The molecule has 3 aromatic rings. The van der Waals surface area contributed by atoms with E-state index in [1.165, 1.54) is 20.7 Å². The van der Waals surface area contributed by atoms with Crippen LogP contribution in [0.1, 0.15) is 29.4 Å². The molecule has 0 fully saturated rings. The fourth-order valence-electron chi connectivity index (χ4n) is 2.01. The van der Waals surface area contributed by atoms with Crippen LogP contribution in [0.25, 0.3) is 4.96 Å². The van der Waals surface area contributed by atoms with Crippen LogP contribution in [0.15, 0.2) is 17.1 Å². The first-order valence-corrected chi connectivity index (χ1v) is 8.90. The van der Waals surface area contributed by atoms with E-state index in [4.69, 9.17) is 0 Å². The van der Waals surface area contributed by atoms with Gasteiger partial charge in [-0.05, 0) is 12.8 Å². The Hall–Kier alpha value is -1.80. The van der Waals surface area contributed by atoms with Crippen LogP contribution in [0.3, 0.4) is 0 Å². The van der Waals surface area contributed by atoms with Gasteiger partial charge in [-0.3, -0.25) is 4.79 Å². The lowest BCUT2D eigenvalue weighted by Gasteiger charge is -1.98. The van der Waals surface area contributed by atoms with Crippen LogP contribution in [0.2, 0.25) is 0 Å². The first kappa shape index (κ1) is 15.1. The van der Waals surface area contributed by atoms with E-state index in [0.29, 0.717) is 10.1 Å². The largest absolute Gasteiger partial charge is 0.360 e. The van der Waals surface area contributed by atoms with Gasteiger partial charge in [0.05, 0.1) is 5.01 Å². The molecule has 116 valence electrons. The van der Waals surface area contributed by atoms with Gasteiger partial charge in [-0.1, -0.05) is 25.2 Å². The Morgan fingerprint density at radius 1 is 1.27 bits per heavy atom. The summed E-state index contributed by atoms with van der Waals surface area (Å²) in [6.07, 6.45) is 4.56. The van der Waals surface area contributed by atoms with Gasteiger partial charge >= 0.3 is 0 Å². The maximum absolute atomic E-state index is 11.9. The van der Waals surface area contributed by atoms with Gasteiger partial charge in [0.1, 0.15) is 0 Å².